The minimum absolute atomic E-state index is 0.119. The molecule has 2 aliphatic rings. The van der Waals surface area contributed by atoms with Gasteiger partial charge in [0.25, 0.3) is 0 Å². The lowest BCUT2D eigenvalue weighted by Crippen LogP contribution is -2.38. The molecule has 0 aromatic carbocycles. The summed E-state index contributed by atoms with van der Waals surface area (Å²) in [4.78, 5) is 14.4. The van der Waals surface area contributed by atoms with Crippen LogP contribution in [-0.2, 0) is 4.79 Å². The number of aromatic nitrogens is 1. The summed E-state index contributed by atoms with van der Waals surface area (Å²) < 4.78 is 5.48. The average molecular weight is 262 g/mol. The number of nitrogens with zero attached hydrogens (tertiary/aromatic N) is 2. The molecular formula is C15H22N2O2. The van der Waals surface area contributed by atoms with E-state index >= 15 is 0 Å². The molecule has 0 bridgehead atoms. The Balaban J connectivity index is 1.76. The molecule has 3 rings (SSSR count). The standard InChI is InChI=1S/C15H22N2O2/c1-10(2)12-9-14(19-16-12)13-7-4-8-17(13)15(18)11-5-3-6-11/h9-11,13H,3-8H2,1-2H3/t13-/m1/s1. The van der Waals surface area contributed by atoms with Crippen LogP contribution >= 0.6 is 0 Å². The summed E-state index contributed by atoms with van der Waals surface area (Å²) in [5, 5.41) is 4.12. The quantitative estimate of drug-likeness (QED) is 0.840. The van der Waals surface area contributed by atoms with Gasteiger partial charge >= 0.3 is 0 Å². The maximum atomic E-state index is 12.4. The van der Waals surface area contributed by atoms with Gasteiger partial charge in [-0.3, -0.25) is 4.79 Å². The molecule has 0 unspecified atom stereocenters. The Kier molecular flexibility index (Phi) is 3.33. The molecule has 19 heavy (non-hydrogen) atoms. The molecule has 0 spiro atoms. The van der Waals surface area contributed by atoms with Gasteiger partial charge in [-0.05, 0) is 31.6 Å². The van der Waals surface area contributed by atoms with Crippen molar-refractivity contribution in [2.45, 2.75) is 57.9 Å². The zero-order valence-electron chi connectivity index (χ0n) is 11.8. The maximum absolute atomic E-state index is 12.4. The summed E-state index contributed by atoms with van der Waals surface area (Å²) in [5.74, 6) is 1.84. The highest BCUT2D eigenvalue weighted by Gasteiger charge is 2.37. The second-order valence-electron chi connectivity index (χ2n) is 6.13. The Morgan fingerprint density at radius 3 is 2.74 bits per heavy atom. The van der Waals surface area contributed by atoms with Crippen LogP contribution in [0.5, 0.6) is 0 Å². The third kappa shape index (κ3) is 2.28. The minimum atomic E-state index is 0.119. The largest absolute Gasteiger partial charge is 0.359 e. The summed E-state index contributed by atoms with van der Waals surface area (Å²) in [7, 11) is 0. The van der Waals surface area contributed by atoms with Crippen molar-refractivity contribution in [1.29, 1.82) is 0 Å². The van der Waals surface area contributed by atoms with E-state index in [9.17, 15) is 4.79 Å². The van der Waals surface area contributed by atoms with E-state index in [0.717, 1.165) is 43.7 Å². The van der Waals surface area contributed by atoms with Crippen molar-refractivity contribution < 1.29 is 9.32 Å². The van der Waals surface area contributed by atoms with Crippen LogP contribution in [0.15, 0.2) is 10.6 Å². The smallest absolute Gasteiger partial charge is 0.226 e. The Morgan fingerprint density at radius 2 is 2.16 bits per heavy atom. The van der Waals surface area contributed by atoms with Crippen molar-refractivity contribution in [2.75, 3.05) is 6.54 Å². The molecule has 1 aliphatic heterocycles. The van der Waals surface area contributed by atoms with E-state index in [4.69, 9.17) is 4.52 Å². The van der Waals surface area contributed by atoms with Gasteiger partial charge in [-0.1, -0.05) is 25.4 Å². The fourth-order valence-corrected chi connectivity index (χ4v) is 2.95. The third-order valence-corrected chi connectivity index (χ3v) is 4.46. The van der Waals surface area contributed by atoms with Crippen LogP contribution in [-0.4, -0.2) is 22.5 Å². The zero-order chi connectivity index (χ0) is 13.4. The second kappa shape index (κ2) is 4.99. The Bertz CT molecular complexity index is 462. The molecule has 1 aliphatic carbocycles. The summed E-state index contributed by atoms with van der Waals surface area (Å²) >= 11 is 0. The van der Waals surface area contributed by atoms with Gasteiger partial charge < -0.3 is 9.42 Å². The first-order valence-electron chi connectivity index (χ1n) is 7.44. The van der Waals surface area contributed by atoms with Crippen LogP contribution < -0.4 is 0 Å². The molecular weight excluding hydrogens is 240 g/mol. The molecule has 1 saturated heterocycles. The van der Waals surface area contributed by atoms with Crippen molar-refractivity contribution in [3.63, 3.8) is 0 Å². The normalized spacial score (nSPS) is 23.9. The van der Waals surface area contributed by atoms with Crippen molar-refractivity contribution in [3.05, 3.63) is 17.5 Å². The van der Waals surface area contributed by atoms with Crippen molar-refractivity contribution in [1.82, 2.24) is 10.1 Å². The van der Waals surface area contributed by atoms with Gasteiger partial charge in [-0.2, -0.15) is 0 Å². The molecule has 1 amide bonds. The highest BCUT2D eigenvalue weighted by atomic mass is 16.5. The van der Waals surface area contributed by atoms with E-state index in [1.165, 1.54) is 6.42 Å². The highest BCUT2D eigenvalue weighted by molar-refractivity contribution is 5.80. The molecule has 2 fully saturated rings. The van der Waals surface area contributed by atoms with Crippen LogP contribution in [0.3, 0.4) is 0 Å². The van der Waals surface area contributed by atoms with Gasteiger partial charge in [0.05, 0.1) is 11.7 Å². The van der Waals surface area contributed by atoms with Gasteiger partial charge in [0, 0.05) is 18.5 Å². The van der Waals surface area contributed by atoms with Crippen LogP contribution in [0.4, 0.5) is 0 Å². The monoisotopic (exact) mass is 262 g/mol. The Hall–Kier alpha value is -1.32. The SMILES string of the molecule is CC(C)c1cc([C@H]2CCCN2C(=O)C2CCC2)on1. The molecule has 104 valence electrons. The first-order chi connectivity index (χ1) is 9.16. The van der Waals surface area contributed by atoms with E-state index in [1.54, 1.807) is 0 Å². The number of carbonyl (C=O) groups excluding carboxylic acids is 1. The molecule has 1 atom stereocenters. The summed E-state index contributed by atoms with van der Waals surface area (Å²) in [6.07, 6.45) is 5.41. The van der Waals surface area contributed by atoms with Gasteiger partial charge in [-0.25, -0.2) is 0 Å². The molecule has 0 N–H and O–H groups in total. The first-order valence-corrected chi connectivity index (χ1v) is 7.44. The fourth-order valence-electron chi connectivity index (χ4n) is 2.95. The fraction of sp³-hybridized carbons (Fsp3) is 0.733. The number of amides is 1. The van der Waals surface area contributed by atoms with E-state index in [1.807, 2.05) is 11.0 Å². The first kappa shape index (κ1) is 12.7. The molecule has 4 nitrogen and oxygen atoms in total. The number of hydrogen-bond donors (Lipinski definition) is 0. The average Bonchev–Trinajstić information content (AvgIpc) is 2.95. The summed E-state index contributed by atoms with van der Waals surface area (Å²) in [6.45, 7) is 5.08. The second-order valence-corrected chi connectivity index (χ2v) is 6.13. The summed E-state index contributed by atoms with van der Waals surface area (Å²) in [6, 6.07) is 2.15. The van der Waals surface area contributed by atoms with E-state index in [2.05, 4.69) is 19.0 Å². The topological polar surface area (TPSA) is 46.3 Å². The molecule has 0 radical (unpaired) electrons. The minimum Gasteiger partial charge on any atom is -0.359 e. The molecule has 2 heterocycles. The third-order valence-electron chi connectivity index (χ3n) is 4.46. The number of carbonyl (C=O) groups is 1. The van der Waals surface area contributed by atoms with E-state index in [-0.39, 0.29) is 12.0 Å². The van der Waals surface area contributed by atoms with Crippen molar-refractivity contribution >= 4 is 5.91 Å². The van der Waals surface area contributed by atoms with Crippen LogP contribution in [0.2, 0.25) is 0 Å². The molecule has 4 heteroatoms. The Labute approximate surface area is 114 Å². The van der Waals surface area contributed by atoms with E-state index < -0.39 is 0 Å². The molecule has 1 saturated carbocycles. The van der Waals surface area contributed by atoms with Gasteiger partial charge in [0.1, 0.15) is 0 Å². The molecule has 1 aromatic heterocycles. The number of likely N-dealkylation sites (tertiary alicyclic amines) is 1. The van der Waals surface area contributed by atoms with Gasteiger partial charge in [0.15, 0.2) is 5.76 Å². The predicted molar refractivity (Wildman–Crippen MR) is 71.6 cm³/mol. The number of hydrogen-bond acceptors (Lipinski definition) is 3. The number of rotatable bonds is 3. The van der Waals surface area contributed by atoms with Gasteiger partial charge in [0.2, 0.25) is 5.91 Å². The van der Waals surface area contributed by atoms with Gasteiger partial charge in [-0.15, -0.1) is 0 Å². The highest BCUT2D eigenvalue weighted by Crippen LogP contribution is 2.37. The van der Waals surface area contributed by atoms with Crippen molar-refractivity contribution in [3.8, 4) is 0 Å². The lowest BCUT2D eigenvalue weighted by molar-refractivity contribution is -0.139. The lowest BCUT2D eigenvalue weighted by Gasteiger charge is -2.31. The van der Waals surface area contributed by atoms with Crippen LogP contribution in [0, 0.1) is 5.92 Å². The predicted octanol–water partition coefficient (Wildman–Crippen LogP) is 3.26. The Morgan fingerprint density at radius 1 is 1.37 bits per heavy atom. The molecule has 1 aromatic rings. The lowest BCUT2D eigenvalue weighted by atomic mass is 9.84. The zero-order valence-corrected chi connectivity index (χ0v) is 11.8. The van der Waals surface area contributed by atoms with Crippen LogP contribution in [0.25, 0.3) is 0 Å². The van der Waals surface area contributed by atoms with E-state index in [0.29, 0.717) is 11.8 Å². The maximum Gasteiger partial charge on any atom is 0.226 e. The van der Waals surface area contributed by atoms with Crippen molar-refractivity contribution in [2.24, 2.45) is 5.92 Å². The summed E-state index contributed by atoms with van der Waals surface area (Å²) in [5.41, 5.74) is 0.984. The van der Waals surface area contributed by atoms with Crippen LogP contribution in [0.1, 0.15) is 69.4 Å².